The van der Waals surface area contributed by atoms with Crippen molar-refractivity contribution in [2.75, 3.05) is 0 Å². The standard InChI is InChI=1S/C23H27FN2O/c1-23(2,3)26-22(27)10-14-8-15-11-17(12-16(15)9-14)19-6-7-25-21-5-4-18(24)13-20(19)21/h4-7,11,13-16H,8-10,12H2,1-3H3,(H,26,27)/t14-,15-,16+/m0/s1. The Balaban J connectivity index is 1.48. The van der Waals surface area contributed by atoms with Gasteiger partial charge in [-0.25, -0.2) is 4.39 Å². The number of benzene rings is 1. The number of nitrogens with zero attached hydrogens (tertiary/aromatic N) is 1. The molecule has 1 saturated carbocycles. The molecular weight excluding hydrogens is 339 g/mol. The van der Waals surface area contributed by atoms with E-state index in [1.165, 1.54) is 11.6 Å². The molecule has 0 radical (unpaired) electrons. The number of allylic oxidation sites excluding steroid dienone is 2. The molecule has 1 aromatic carbocycles. The summed E-state index contributed by atoms with van der Waals surface area (Å²) in [6.45, 7) is 6.06. The van der Waals surface area contributed by atoms with Gasteiger partial charge in [0.2, 0.25) is 5.91 Å². The first-order valence-electron chi connectivity index (χ1n) is 9.85. The number of nitrogens with one attached hydrogen (secondary N) is 1. The van der Waals surface area contributed by atoms with Crippen LogP contribution in [0.1, 0.15) is 52.0 Å². The van der Waals surface area contributed by atoms with Crippen molar-refractivity contribution >= 4 is 22.4 Å². The van der Waals surface area contributed by atoms with Crippen molar-refractivity contribution in [1.82, 2.24) is 10.3 Å². The van der Waals surface area contributed by atoms with E-state index in [-0.39, 0.29) is 17.3 Å². The molecule has 0 unspecified atom stereocenters. The minimum atomic E-state index is -0.222. The van der Waals surface area contributed by atoms with Crippen LogP contribution in [0.3, 0.4) is 0 Å². The van der Waals surface area contributed by atoms with Crippen LogP contribution in [0.15, 0.2) is 36.5 Å². The second kappa shape index (κ2) is 6.74. The molecule has 1 aromatic heterocycles. The number of fused-ring (bicyclic) bond motifs is 2. The molecule has 1 N–H and O–H groups in total. The van der Waals surface area contributed by atoms with Gasteiger partial charge in [0.1, 0.15) is 5.82 Å². The summed E-state index contributed by atoms with van der Waals surface area (Å²) in [5.74, 6) is 1.54. The molecule has 3 atom stereocenters. The molecule has 4 heteroatoms. The van der Waals surface area contributed by atoms with E-state index in [1.807, 2.05) is 33.0 Å². The van der Waals surface area contributed by atoms with Gasteiger partial charge in [-0.05, 0) is 93.2 Å². The largest absolute Gasteiger partial charge is 0.352 e. The van der Waals surface area contributed by atoms with Gasteiger partial charge in [-0.15, -0.1) is 0 Å². The minimum absolute atomic E-state index is 0.160. The van der Waals surface area contributed by atoms with Crippen LogP contribution in [0.2, 0.25) is 0 Å². The zero-order valence-electron chi connectivity index (χ0n) is 16.3. The average Bonchev–Trinajstić information content (AvgIpc) is 3.10. The molecule has 0 aliphatic heterocycles. The predicted molar refractivity (Wildman–Crippen MR) is 107 cm³/mol. The van der Waals surface area contributed by atoms with Crippen molar-refractivity contribution in [1.29, 1.82) is 0 Å². The predicted octanol–water partition coefficient (Wildman–Crippen LogP) is 5.11. The Morgan fingerprint density at radius 3 is 2.81 bits per heavy atom. The number of hydrogen-bond donors (Lipinski definition) is 1. The monoisotopic (exact) mass is 366 g/mol. The van der Waals surface area contributed by atoms with Crippen LogP contribution in [-0.4, -0.2) is 16.4 Å². The lowest BCUT2D eigenvalue weighted by Crippen LogP contribution is -2.41. The van der Waals surface area contributed by atoms with Crippen molar-refractivity contribution in [3.05, 3.63) is 47.9 Å². The number of pyridine rings is 1. The van der Waals surface area contributed by atoms with Crippen molar-refractivity contribution in [3.8, 4) is 0 Å². The third-order valence-corrected chi connectivity index (χ3v) is 5.78. The zero-order valence-corrected chi connectivity index (χ0v) is 16.3. The number of halogens is 1. The SMILES string of the molecule is CC(C)(C)NC(=O)C[C@@H]1C[C@@H]2CC(c3ccnc4ccc(F)cc34)=C[C@@H]2C1. The highest BCUT2D eigenvalue weighted by Crippen LogP contribution is 2.49. The molecular formula is C23H27FN2O. The molecule has 142 valence electrons. The number of hydrogen-bond acceptors (Lipinski definition) is 2. The Kier molecular flexibility index (Phi) is 4.53. The van der Waals surface area contributed by atoms with Crippen LogP contribution in [0, 0.1) is 23.6 Å². The number of amides is 1. The van der Waals surface area contributed by atoms with Crippen molar-refractivity contribution in [2.45, 2.75) is 52.0 Å². The van der Waals surface area contributed by atoms with Gasteiger partial charge in [0.25, 0.3) is 0 Å². The van der Waals surface area contributed by atoms with Crippen LogP contribution < -0.4 is 5.32 Å². The fourth-order valence-electron chi connectivity index (χ4n) is 4.82. The summed E-state index contributed by atoms with van der Waals surface area (Å²) in [4.78, 5) is 16.6. The van der Waals surface area contributed by atoms with Crippen LogP contribution in [-0.2, 0) is 4.79 Å². The minimum Gasteiger partial charge on any atom is -0.352 e. The van der Waals surface area contributed by atoms with Gasteiger partial charge >= 0.3 is 0 Å². The van der Waals surface area contributed by atoms with Crippen molar-refractivity contribution in [3.63, 3.8) is 0 Å². The number of rotatable bonds is 3. The zero-order chi connectivity index (χ0) is 19.2. The Labute approximate surface area is 160 Å². The van der Waals surface area contributed by atoms with E-state index in [9.17, 15) is 9.18 Å². The van der Waals surface area contributed by atoms with E-state index in [0.29, 0.717) is 24.2 Å². The third kappa shape index (κ3) is 3.90. The van der Waals surface area contributed by atoms with Crippen LogP contribution >= 0.6 is 0 Å². The average molecular weight is 366 g/mol. The summed E-state index contributed by atoms with van der Waals surface area (Å²) < 4.78 is 13.7. The fourth-order valence-corrected chi connectivity index (χ4v) is 4.82. The van der Waals surface area contributed by atoms with Crippen LogP contribution in [0.25, 0.3) is 16.5 Å². The molecule has 3 nitrogen and oxygen atoms in total. The van der Waals surface area contributed by atoms with Gasteiger partial charge in [0, 0.05) is 23.5 Å². The molecule has 4 rings (SSSR count). The Morgan fingerprint density at radius 2 is 2.07 bits per heavy atom. The molecule has 0 spiro atoms. The van der Waals surface area contributed by atoms with E-state index < -0.39 is 0 Å². The molecule has 2 aliphatic rings. The van der Waals surface area contributed by atoms with E-state index in [1.54, 1.807) is 12.1 Å². The highest BCUT2D eigenvalue weighted by atomic mass is 19.1. The molecule has 0 bridgehead atoms. The highest BCUT2D eigenvalue weighted by molar-refractivity contribution is 5.92. The quantitative estimate of drug-likeness (QED) is 0.820. The second-order valence-electron chi connectivity index (χ2n) is 9.18. The summed E-state index contributed by atoms with van der Waals surface area (Å²) in [6.07, 6.45) is 7.98. The van der Waals surface area contributed by atoms with Gasteiger partial charge < -0.3 is 5.32 Å². The van der Waals surface area contributed by atoms with E-state index in [2.05, 4.69) is 16.4 Å². The maximum atomic E-state index is 13.7. The fraction of sp³-hybridized carbons (Fsp3) is 0.478. The molecule has 1 heterocycles. The molecule has 1 fully saturated rings. The first-order chi connectivity index (χ1) is 12.8. The molecule has 2 aromatic rings. The summed E-state index contributed by atoms with van der Waals surface area (Å²) in [5.41, 5.74) is 3.08. The summed E-state index contributed by atoms with van der Waals surface area (Å²) in [5, 5.41) is 3.97. The first kappa shape index (κ1) is 18.1. The third-order valence-electron chi connectivity index (χ3n) is 5.78. The number of carbonyl (C=O) groups excluding carboxylic acids is 1. The number of carbonyl (C=O) groups is 1. The van der Waals surface area contributed by atoms with Crippen LogP contribution in [0.5, 0.6) is 0 Å². The smallest absolute Gasteiger partial charge is 0.220 e. The number of aromatic nitrogens is 1. The van der Waals surface area contributed by atoms with Crippen molar-refractivity contribution < 1.29 is 9.18 Å². The van der Waals surface area contributed by atoms with Gasteiger partial charge in [0.15, 0.2) is 0 Å². The summed E-state index contributed by atoms with van der Waals surface area (Å²) in [6, 6.07) is 6.80. The van der Waals surface area contributed by atoms with Gasteiger partial charge in [0.05, 0.1) is 5.52 Å². The van der Waals surface area contributed by atoms with Gasteiger partial charge in [-0.3, -0.25) is 9.78 Å². The second-order valence-corrected chi connectivity index (χ2v) is 9.18. The molecule has 27 heavy (non-hydrogen) atoms. The summed E-state index contributed by atoms with van der Waals surface area (Å²) >= 11 is 0. The lowest BCUT2D eigenvalue weighted by molar-refractivity contribution is -0.123. The lowest BCUT2D eigenvalue weighted by atomic mass is 9.94. The Hall–Kier alpha value is -2.23. The maximum absolute atomic E-state index is 13.7. The first-order valence-corrected chi connectivity index (χ1v) is 9.85. The lowest BCUT2D eigenvalue weighted by Gasteiger charge is -2.22. The normalized spacial score (nSPS) is 24.7. The molecule has 0 saturated heterocycles. The van der Waals surface area contributed by atoms with Crippen molar-refractivity contribution in [2.24, 2.45) is 17.8 Å². The van der Waals surface area contributed by atoms with Crippen LogP contribution in [0.4, 0.5) is 4.39 Å². The topological polar surface area (TPSA) is 42.0 Å². The molecule has 2 aliphatic carbocycles. The highest BCUT2D eigenvalue weighted by Gasteiger charge is 2.38. The summed E-state index contributed by atoms with van der Waals surface area (Å²) in [7, 11) is 0. The Morgan fingerprint density at radius 1 is 1.26 bits per heavy atom. The van der Waals surface area contributed by atoms with E-state index in [4.69, 9.17) is 0 Å². The van der Waals surface area contributed by atoms with E-state index >= 15 is 0 Å². The van der Waals surface area contributed by atoms with Gasteiger partial charge in [-0.2, -0.15) is 0 Å². The Bertz CT molecular complexity index is 912. The van der Waals surface area contributed by atoms with E-state index in [0.717, 1.165) is 35.7 Å². The van der Waals surface area contributed by atoms with Gasteiger partial charge in [-0.1, -0.05) is 6.08 Å². The molecule has 1 amide bonds. The maximum Gasteiger partial charge on any atom is 0.220 e.